The van der Waals surface area contributed by atoms with Crippen LogP contribution in [-0.4, -0.2) is 29.7 Å². The molecule has 0 aromatic heterocycles. The molecule has 4 aromatic carbocycles. The van der Waals surface area contributed by atoms with Crippen molar-refractivity contribution in [3.8, 4) is 5.75 Å². The molecule has 0 amide bonds. The van der Waals surface area contributed by atoms with Crippen LogP contribution in [0, 0.1) is 0 Å². The van der Waals surface area contributed by atoms with Crippen LogP contribution in [0.4, 0.5) is 32.0 Å². The second-order valence-corrected chi connectivity index (χ2v) is 15.0. The van der Waals surface area contributed by atoms with E-state index in [0.717, 1.165) is 24.3 Å². The fourth-order valence-corrected chi connectivity index (χ4v) is 7.97. The largest absolute Gasteiger partial charge is 0.479 e. The lowest BCUT2D eigenvalue weighted by Gasteiger charge is -2.42. The molecule has 1 aliphatic rings. The molecule has 0 N–H and O–H groups in total. The Bertz CT molecular complexity index is 2040. The predicted molar refractivity (Wildman–Crippen MR) is 169 cm³/mol. The Hall–Kier alpha value is -3.64. The van der Waals surface area contributed by atoms with Gasteiger partial charge in [-0.1, -0.05) is 65.3 Å². The minimum absolute atomic E-state index is 0.248. The van der Waals surface area contributed by atoms with E-state index in [9.17, 15) is 43.2 Å². The maximum Gasteiger partial charge on any atom is 0.416 e. The normalized spacial score (nSPS) is 17.0. The summed E-state index contributed by atoms with van der Waals surface area (Å²) in [5.74, 6) is -0.251. The molecule has 1 aliphatic heterocycles. The highest BCUT2D eigenvalue weighted by atomic mass is 79.9. The van der Waals surface area contributed by atoms with Crippen LogP contribution in [-0.2, 0) is 48.0 Å². The molecular formula is C32H26BrF6NO7S2. The van der Waals surface area contributed by atoms with E-state index >= 15 is 0 Å². The van der Waals surface area contributed by atoms with Gasteiger partial charge >= 0.3 is 12.4 Å². The number of nitrogens with zero attached hydrogens (tertiary/aromatic N) is 1. The van der Waals surface area contributed by atoms with Crippen molar-refractivity contribution >= 4 is 41.8 Å². The molecule has 0 fully saturated rings. The first-order chi connectivity index (χ1) is 22.9. The molecule has 1 unspecified atom stereocenters. The minimum atomic E-state index is -5.20. The molecule has 0 bridgehead atoms. The first-order valence-electron chi connectivity index (χ1n) is 14.4. The molecule has 17 heteroatoms. The maximum atomic E-state index is 14.7. The second-order valence-electron chi connectivity index (χ2n) is 10.7. The van der Waals surface area contributed by atoms with Crippen LogP contribution in [0.1, 0.15) is 41.7 Å². The topological polar surface area (TPSA) is 99.2 Å². The van der Waals surface area contributed by atoms with E-state index in [2.05, 4.69) is 15.9 Å². The highest BCUT2D eigenvalue weighted by Gasteiger charge is 2.48. The molecule has 0 aliphatic carbocycles. The van der Waals surface area contributed by atoms with Crippen molar-refractivity contribution in [2.45, 2.75) is 54.4 Å². The van der Waals surface area contributed by atoms with Gasteiger partial charge in [-0.15, -0.1) is 0 Å². The van der Waals surface area contributed by atoms with Gasteiger partial charge in [-0.3, -0.25) is 4.18 Å². The fraction of sp³-hybridized carbons (Fsp3) is 0.250. The van der Waals surface area contributed by atoms with E-state index in [-0.39, 0.29) is 31.1 Å². The summed E-state index contributed by atoms with van der Waals surface area (Å²) >= 11 is 3.23. The smallest absolute Gasteiger partial charge is 0.416 e. The van der Waals surface area contributed by atoms with Gasteiger partial charge in [-0.25, -0.2) is 12.7 Å². The summed E-state index contributed by atoms with van der Waals surface area (Å²) in [5.41, 5.74) is -3.26. The molecular weight excluding hydrogens is 768 g/mol. The molecule has 0 spiro atoms. The standard InChI is InChI=1S/C32H26BrF6NO7S2/c1-2-15-46-49(43,44)24-12-13-25(26(18-24)32(37,38)39)29-30(45-19-20-7-4-3-5-8-20)40(27-17-22(33)11-14-28(27)47-29)48(41,42)23-10-6-9-21(16-23)31(34,35)36/h3-14,16-18,29-30H,2,15,19H2,1H3/t29?,30-/m1/s1. The van der Waals surface area contributed by atoms with E-state index < -0.39 is 71.3 Å². The van der Waals surface area contributed by atoms with Crippen LogP contribution >= 0.6 is 15.9 Å². The number of fused-ring (bicyclic) bond motifs is 1. The number of hydrogen-bond acceptors (Lipinski definition) is 7. The van der Waals surface area contributed by atoms with Crippen LogP contribution in [0.2, 0.25) is 0 Å². The van der Waals surface area contributed by atoms with Crippen molar-refractivity contribution in [3.63, 3.8) is 0 Å². The predicted octanol–water partition coefficient (Wildman–Crippen LogP) is 8.47. The maximum absolute atomic E-state index is 14.7. The molecule has 2 atom stereocenters. The van der Waals surface area contributed by atoms with Crippen molar-refractivity contribution in [1.82, 2.24) is 0 Å². The van der Waals surface area contributed by atoms with Gasteiger partial charge < -0.3 is 9.47 Å². The summed E-state index contributed by atoms with van der Waals surface area (Å²) in [6.45, 7) is 0.939. The summed E-state index contributed by atoms with van der Waals surface area (Å²) in [6.07, 6.45) is -13.8. The third-order valence-corrected chi connectivity index (χ3v) is 10.8. The molecule has 1 heterocycles. The molecule has 5 rings (SSSR count). The zero-order valence-electron chi connectivity index (χ0n) is 25.2. The highest BCUT2D eigenvalue weighted by molar-refractivity contribution is 9.10. The summed E-state index contributed by atoms with van der Waals surface area (Å²) in [6, 6.07) is 17.0. The number of alkyl halides is 6. The number of ether oxygens (including phenoxy) is 2. The Morgan fingerprint density at radius 1 is 0.816 bits per heavy atom. The fourth-order valence-electron chi connectivity index (χ4n) is 5.00. The Labute approximate surface area is 286 Å². The number of sulfonamides is 1. The van der Waals surface area contributed by atoms with Crippen LogP contribution in [0.15, 0.2) is 105 Å². The van der Waals surface area contributed by atoms with E-state index in [1.807, 2.05) is 0 Å². The van der Waals surface area contributed by atoms with Gasteiger partial charge in [0.2, 0.25) is 0 Å². The van der Waals surface area contributed by atoms with Gasteiger partial charge in [0.25, 0.3) is 20.1 Å². The lowest BCUT2D eigenvalue weighted by atomic mass is 9.99. The summed E-state index contributed by atoms with van der Waals surface area (Å²) < 4.78 is 157. The molecule has 0 saturated carbocycles. The van der Waals surface area contributed by atoms with Gasteiger partial charge in [0, 0.05) is 10.0 Å². The van der Waals surface area contributed by atoms with E-state index in [1.165, 1.54) is 18.2 Å². The monoisotopic (exact) mass is 793 g/mol. The number of hydrogen-bond donors (Lipinski definition) is 0. The Morgan fingerprint density at radius 2 is 1.53 bits per heavy atom. The zero-order valence-corrected chi connectivity index (χ0v) is 28.4. The van der Waals surface area contributed by atoms with Gasteiger partial charge in [0.15, 0.2) is 12.3 Å². The lowest BCUT2D eigenvalue weighted by molar-refractivity contribution is -0.140. The van der Waals surface area contributed by atoms with Crippen LogP contribution in [0.3, 0.4) is 0 Å². The van der Waals surface area contributed by atoms with E-state index in [4.69, 9.17) is 13.7 Å². The number of halogens is 7. The van der Waals surface area contributed by atoms with Crippen LogP contribution < -0.4 is 9.04 Å². The van der Waals surface area contributed by atoms with Crippen molar-refractivity contribution in [2.75, 3.05) is 10.9 Å². The third kappa shape index (κ3) is 7.90. The van der Waals surface area contributed by atoms with Crippen LogP contribution in [0.25, 0.3) is 0 Å². The quantitative estimate of drug-likeness (QED) is 0.117. The SMILES string of the molecule is CCCOS(=O)(=O)c1ccc(C2Oc3ccc(Br)cc3N(S(=O)(=O)c3cccc(C(F)(F)F)c3)[C@@H]2OCc2ccccc2)c(C(F)(F)F)c1. The minimum Gasteiger partial charge on any atom is -0.479 e. The zero-order chi connectivity index (χ0) is 35.8. The Kier molecular flexibility index (Phi) is 10.4. The number of anilines is 1. The Morgan fingerprint density at radius 3 is 2.18 bits per heavy atom. The summed E-state index contributed by atoms with van der Waals surface area (Å²) in [4.78, 5) is -1.64. The molecule has 0 saturated heterocycles. The van der Waals surface area contributed by atoms with Gasteiger partial charge in [-0.2, -0.15) is 34.8 Å². The van der Waals surface area contributed by atoms with Crippen LogP contribution in [0.5, 0.6) is 5.75 Å². The first kappa shape index (κ1) is 36.6. The average molecular weight is 795 g/mol. The molecule has 262 valence electrons. The third-order valence-electron chi connectivity index (χ3n) is 7.25. The molecule has 49 heavy (non-hydrogen) atoms. The van der Waals surface area contributed by atoms with Gasteiger partial charge in [0.05, 0.1) is 39.8 Å². The second kappa shape index (κ2) is 13.9. The lowest BCUT2D eigenvalue weighted by Crippen LogP contribution is -2.50. The molecule has 8 nitrogen and oxygen atoms in total. The molecule has 0 radical (unpaired) electrons. The van der Waals surface area contributed by atoms with Crippen molar-refractivity contribution in [2.24, 2.45) is 0 Å². The number of rotatable bonds is 10. The summed E-state index contributed by atoms with van der Waals surface area (Å²) in [7, 11) is -9.68. The van der Waals surface area contributed by atoms with Gasteiger partial charge in [0.1, 0.15) is 5.75 Å². The van der Waals surface area contributed by atoms with Crippen molar-refractivity contribution in [3.05, 3.63) is 118 Å². The van der Waals surface area contributed by atoms with Crippen molar-refractivity contribution in [1.29, 1.82) is 0 Å². The highest BCUT2D eigenvalue weighted by Crippen LogP contribution is 2.49. The molecule has 4 aromatic rings. The first-order valence-corrected chi connectivity index (χ1v) is 18.0. The number of benzene rings is 4. The Balaban J connectivity index is 1.75. The van der Waals surface area contributed by atoms with Crippen molar-refractivity contribution < 1.29 is 56.8 Å². The van der Waals surface area contributed by atoms with E-state index in [0.29, 0.717) is 32.5 Å². The summed E-state index contributed by atoms with van der Waals surface area (Å²) in [5, 5.41) is 0. The van der Waals surface area contributed by atoms with E-state index in [1.54, 1.807) is 37.3 Å². The average Bonchev–Trinajstić information content (AvgIpc) is 3.05. The van der Waals surface area contributed by atoms with Gasteiger partial charge in [-0.05, 0) is 60.5 Å².